The Kier molecular flexibility index (Phi) is 3.49. The third-order valence-electron chi connectivity index (χ3n) is 2.88. The summed E-state index contributed by atoms with van der Waals surface area (Å²) in [6.45, 7) is 1.84. The van der Waals surface area contributed by atoms with Crippen LogP contribution in [-0.4, -0.2) is 21.1 Å². The summed E-state index contributed by atoms with van der Waals surface area (Å²) in [5.74, 6) is -0.159. The van der Waals surface area contributed by atoms with Crippen LogP contribution >= 0.6 is 11.3 Å². The lowest BCUT2D eigenvalue weighted by atomic mass is 10.1. The van der Waals surface area contributed by atoms with Crippen LogP contribution in [0.15, 0.2) is 30.3 Å². The van der Waals surface area contributed by atoms with E-state index in [1.54, 1.807) is 6.07 Å². The summed E-state index contributed by atoms with van der Waals surface area (Å²) >= 11 is 1.34. The smallest absolute Gasteiger partial charge is 0.232 e. The molecule has 0 radical (unpaired) electrons. The van der Waals surface area contributed by atoms with Crippen LogP contribution in [0.1, 0.15) is 10.7 Å². The fourth-order valence-electron chi connectivity index (χ4n) is 1.96. The molecule has 0 saturated carbocycles. The van der Waals surface area contributed by atoms with Crippen molar-refractivity contribution >= 4 is 39.0 Å². The molecule has 0 spiro atoms. The molecule has 0 saturated heterocycles. The van der Waals surface area contributed by atoms with Crippen molar-refractivity contribution in [2.45, 2.75) is 13.3 Å². The standard InChI is InChI=1S/C14H13N5OS/c1-8-18-19-14(21-8)17-13(20)7-11-4-2-9-6-10(15)3-5-12(9)16-11/h2-6H,7,15H2,1H3,(H,17,19,20). The molecule has 3 N–H and O–H groups in total. The van der Waals surface area contributed by atoms with Crippen LogP contribution in [0.2, 0.25) is 0 Å². The molecule has 0 aliphatic heterocycles. The van der Waals surface area contributed by atoms with Gasteiger partial charge in [0, 0.05) is 11.1 Å². The van der Waals surface area contributed by atoms with Crippen molar-refractivity contribution in [2.75, 3.05) is 11.1 Å². The van der Waals surface area contributed by atoms with Crippen LogP contribution in [-0.2, 0) is 11.2 Å². The zero-order valence-electron chi connectivity index (χ0n) is 11.3. The molecule has 0 unspecified atom stereocenters. The molecule has 2 heterocycles. The molecule has 21 heavy (non-hydrogen) atoms. The predicted octanol–water partition coefficient (Wildman–Crippen LogP) is 2.16. The summed E-state index contributed by atoms with van der Waals surface area (Å²) < 4.78 is 0. The normalized spacial score (nSPS) is 10.7. The molecule has 7 heteroatoms. The van der Waals surface area contributed by atoms with Gasteiger partial charge in [0.05, 0.1) is 17.6 Å². The first-order chi connectivity index (χ1) is 10.1. The minimum Gasteiger partial charge on any atom is -0.399 e. The Morgan fingerprint density at radius 2 is 2.14 bits per heavy atom. The number of nitrogens with one attached hydrogen (secondary N) is 1. The number of aryl methyl sites for hydroxylation is 1. The van der Waals surface area contributed by atoms with E-state index in [1.165, 1.54) is 11.3 Å². The third-order valence-corrected chi connectivity index (χ3v) is 3.64. The van der Waals surface area contributed by atoms with Gasteiger partial charge < -0.3 is 11.1 Å². The summed E-state index contributed by atoms with van der Waals surface area (Å²) in [6, 6.07) is 9.24. The van der Waals surface area contributed by atoms with E-state index >= 15 is 0 Å². The maximum Gasteiger partial charge on any atom is 0.232 e. The molecule has 3 rings (SSSR count). The van der Waals surface area contributed by atoms with Crippen molar-refractivity contribution in [1.29, 1.82) is 0 Å². The summed E-state index contributed by atoms with van der Waals surface area (Å²) in [7, 11) is 0. The first-order valence-corrected chi connectivity index (χ1v) is 7.17. The molecule has 0 aliphatic rings. The number of rotatable bonds is 3. The number of pyridine rings is 1. The van der Waals surface area contributed by atoms with Crippen LogP contribution in [0, 0.1) is 6.92 Å². The van der Waals surface area contributed by atoms with Crippen molar-refractivity contribution < 1.29 is 4.79 Å². The Morgan fingerprint density at radius 3 is 2.90 bits per heavy atom. The number of amides is 1. The highest BCUT2D eigenvalue weighted by Gasteiger charge is 2.09. The van der Waals surface area contributed by atoms with Gasteiger partial charge in [-0.3, -0.25) is 9.78 Å². The van der Waals surface area contributed by atoms with Gasteiger partial charge >= 0.3 is 0 Å². The number of fused-ring (bicyclic) bond motifs is 1. The molecule has 0 bridgehead atoms. The maximum absolute atomic E-state index is 11.9. The molecule has 2 aromatic heterocycles. The number of nitrogens with two attached hydrogens (primary N) is 1. The molecular weight excluding hydrogens is 286 g/mol. The quantitative estimate of drug-likeness (QED) is 0.723. The second-order valence-corrected chi connectivity index (χ2v) is 5.79. The van der Waals surface area contributed by atoms with E-state index in [-0.39, 0.29) is 12.3 Å². The summed E-state index contributed by atoms with van der Waals surface area (Å²) in [4.78, 5) is 16.4. The maximum atomic E-state index is 11.9. The van der Waals surface area contributed by atoms with Gasteiger partial charge in [-0.25, -0.2) is 0 Å². The highest BCUT2D eigenvalue weighted by molar-refractivity contribution is 7.15. The Bertz CT molecular complexity index is 814. The van der Waals surface area contributed by atoms with Gasteiger partial charge in [0.2, 0.25) is 11.0 Å². The molecule has 1 amide bonds. The number of aromatic nitrogens is 3. The Hall–Kier alpha value is -2.54. The first-order valence-electron chi connectivity index (χ1n) is 6.35. The van der Waals surface area contributed by atoms with Gasteiger partial charge in [0.1, 0.15) is 5.01 Å². The van der Waals surface area contributed by atoms with Gasteiger partial charge in [-0.2, -0.15) is 0 Å². The highest BCUT2D eigenvalue weighted by Crippen LogP contribution is 2.17. The SMILES string of the molecule is Cc1nnc(NC(=O)Cc2ccc3cc(N)ccc3n2)s1. The number of anilines is 2. The van der Waals surface area contributed by atoms with Gasteiger partial charge in [0.25, 0.3) is 0 Å². The number of hydrogen-bond acceptors (Lipinski definition) is 6. The third kappa shape index (κ3) is 3.14. The van der Waals surface area contributed by atoms with Gasteiger partial charge in [-0.15, -0.1) is 10.2 Å². The molecule has 0 fully saturated rings. The number of carbonyl (C=O) groups excluding carboxylic acids is 1. The molecule has 0 atom stereocenters. The minimum absolute atomic E-state index is 0.159. The van der Waals surface area contributed by atoms with Crippen LogP contribution in [0.4, 0.5) is 10.8 Å². The molecular formula is C14H13N5OS. The zero-order chi connectivity index (χ0) is 14.8. The lowest BCUT2D eigenvalue weighted by molar-refractivity contribution is -0.115. The van der Waals surface area contributed by atoms with Crippen molar-refractivity contribution in [3.63, 3.8) is 0 Å². The van der Waals surface area contributed by atoms with E-state index in [2.05, 4.69) is 20.5 Å². The molecule has 1 aromatic carbocycles. The largest absolute Gasteiger partial charge is 0.399 e. The van der Waals surface area contributed by atoms with Crippen LogP contribution in [0.25, 0.3) is 10.9 Å². The highest BCUT2D eigenvalue weighted by atomic mass is 32.1. The predicted molar refractivity (Wildman–Crippen MR) is 83.1 cm³/mol. The lowest BCUT2D eigenvalue weighted by Crippen LogP contribution is -2.15. The second kappa shape index (κ2) is 5.45. The molecule has 106 valence electrons. The fraction of sp³-hybridized carbons (Fsp3) is 0.143. The van der Waals surface area contributed by atoms with Crippen molar-refractivity contribution in [3.8, 4) is 0 Å². The second-order valence-electron chi connectivity index (χ2n) is 4.61. The topological polar surface area (TPSA) is 93.8 Å². The molecule has 3 aromatic rings. The number of carbonyl (C=O) groups is 1. The average molecular weight is 299 g/mol. The van der Waals surface area contributed by atoms with E-state index in [1.807, 2.05) is 31.2 Å². The van der Waals surface area contributed by atoms with E-state index in [0.717, 1.165) is 15.9 Å². The monoisotopic (exact) mass is 299 g/mol. The van der Waals surface area contributed by atoms with E-state index in [0.29, 0.717) is 16.5 Å². The number of benzene rings is 1. The van der Waals surface area contributed by atoms with E-state index < -0.39 is 0 Å². The van der Waals surface area contributed by atoms with Crippen LogP contribution in [0.3, 0.4) is 0 Å². The Balaban J connectivity index is 1.75. The fourth-order valence-corrected chi connectivity index (χ4v) is 2.57. The first kappa shape index (κ1) is 13.4. The van der Waals surface area contributed by atoms with Crippen LogP contribution in [0.5, 0.6) is 0 Å². The summed E-state index contributed by atoms with van der Waals surface area (Å²) in [5, 5.41) is 12.7. The Labute approximate surface area is 125 Å². The Morgan fingerprint density at radius 1 is 1.29 bits per heavy atom. The average Bonchev–Trinajstić information content (AvgIpc) is 2.84. The summed E-state index contributed by atoms with van der Waals surface area (Å²) in [5.41, 5.74) is 7.94. The van der Waals surface area contributed by atoms with Gasteiger partial charge in [-0.05, 0) is 31.2 Å². The van der Waals surface area contributed by atoms with E-state index in [9.17, 15) is 4.79 Å². The van der Waals surface area contributed by atoms with Crippen molar-refractivity contribution in [1.82, 2.24) is 15.2 Å². The number of nitrogen functional groups attached to an aromatic ring is 1. The van der Waals surface area contributed by atoms with Crippen LogP contribution < -0.4 is 11.1 Å². The zero-order valence-corrected chi connectivity index (χ0v) is 12.1. The number of hydrogen-bond donors (Lipinski definition) is 2. The molecule has 6 nitrogen and oxygen atoms in total. The summed E-state index contributed by atoms with van der Waals surface area (Å²) in [6.07, 6.45) is 0.193. The van der Waals surface area contributed by atoms with Crippen molar-refractivity contribution in [2.24, 2.45) is 0 Å². The lowest BCUT2D eigenvalue weighted by Gasteiger charge is -2.04. The number of nitrogens with zero attached hydrogens (tertiary/aromatic N) is 3. The molecule has 0 aliphatic carbocycles. The van der Waals surface area contributed by atoms with E-state index in [4.69, 9.17) is 5.73 Å². The minimum atomic E-state index is -0.159. The van der Waals surface area contributed by atoms with Gasteiger partial charge in [-0.1, -0.05) is 17.4 Å². The van der Waals surface area contributed by atoms with Crippen molar-refractivity contribution in [3.05, 3.63) is 41.0 Å². The van der Waals surface area contributed by atoms with Gasteiger partial charge in [0.15, 0.2) is 0 Å².